The van der Waals surface area contributed by atoms with E-state index in [2.05, 4.69) is 26.5 Å². The number of aliphatic imine (C=N–C) groups is 1. The first-order valence-corrected chi connectivity index (χ1v) is 6.38. The van der Waals surface area contributed by atoms with E-state index in [1.54, 1.807) is 6.92 Å². The van der Waals surface area contributed by atoms with Crippen LogP contribution in [0.5, 0.6) is 0 Å². The number of hydrazine groups is 2. The van der Waals surface area contributed by atoms with Gasteiger partial charge in [0.05, 0.1) is 12.3 Å². The summed E-state index contributed by atoms with van der Waals surface area (Å²) in [5.74, 6) is 0. The maximum absolute atomic E-state index is 11.5. The predicted octanol–water partition coefficient (Wildman–Crippen LogP) is 0.830. The second-order valence-electron chi connectivity index (χ2n) is 4.39. The van der Waals surface area contributed by atoms with Crippen molar-refractivity contribution in [3.63, 3.8) is 0 Å². The normalized spacial score (nSPS) is 14.8. The largest absolute Gasteiger partial charge is 0.356 e. The summed E-state index contributed by atoms with van der Waals surface area (Å²) in [4.78, 5) is 26.6. The molecule has 8 nitrogen and oxygen atoms in total. The van der Waals surface area contributed by atoms with Crippen molar-refractivity contribution >= 4 is 24.0 Å². The maximum Gasteiger partial charge on any atom is 0.356 e. The lowest BCUT2D eigenvalue weighted by Gasteiger charge is -2.25. The van der Waals surface area contributed by atoms with Gasteiger partial charge in [-0.25, -0.2) is 25.0 Å². The van der Waals surface area contributed by atoms with Gasteiger partial charge in [-0.15, -0.1) is 5.53 Å². The number of amides is 4. The van der Waals surface area contributed by atoms with Gasteiger partial charge in [-0.05, 0) is 12.5 Å². The standard InChI is InChI=1S/C13H16N6O2/c1-10-9-19(13(21)17-15-10)18-16-12(20)14-8-7-11-5-3-2-4-6-11/h2-6,8,18H,7,9H2,1H3,(H,16,20)(H,17,21)/b14-8+. The first kappa shape index (κ1) is 14.7. The highest BCUT2D eigenvalue weighted by Crippen LogP contribution is 1.97. The first-order valence-electron chi connectivity index (χ1n) is 6.38. The first-order chi connectivity index (χ1) is 10.1. The number of carbonyl (C=O) groups excluding carboxylic acids is 2. The third-order valence-corrected chi connectivity index (χ3v) is 2.65. The minimum atomic E-state index is -0.584. The second kappa shape index (κ2) is 7.15. The van der Waals surface area contributed by atoms with Crippen LogP contribution < -0.4 is 16.4 Å². The van der Waals surface area contributed by atoms with E-state index in [1.165, 1.54) is 11.2 Å². The fourth-order valence-electron chi connectivity index (χ4n) is 1.63. The Morgan fingerprint density at radius 2 is 2.24 bits per heavy atom. The summed E-state index contributed by atoms with van der Waals surface area (Å²) in [6.45, 7) is 2.04. The molecule has 1 aliphatic rings. The van der Waals surface area contributed by atoms with Crippen molar-refractivity contribution in [2.45, 2.75) is 13.3 Å². The van der Waals surface area contributed by atoms with Crippen molar-refractivity contribution in [2.75, 3.05) is 6.54 Å². The van der Waals surface area contributed by atoms with E-state index in [0.29, 0.717) is 12.1 Å². The molecule has 1 aromatic rings. The fourth-order valence-corrected chi connectivity index (χ4v) is 1.63. The molecule has 1 heterocycles. The Morgan fingerprint density at radius 3 is 3.00 bits per heavy atom. The number of hydrogen-bond acceptors (Lipinski definition) is 4. The smallest absolute Gasteiger partial charge is 0.253 e. The summed E-state index contributed by atoms with van der Waals surface area (Å²) >= 11 is 0. The molecular weight excluding hydrogens is 272 g/mol. The monoisotopic (exact) mass is 288 g/mol. The third kappa shape index (κ3) is 4.69. The average Bonchev–Trinajstić information content (AvgIpc) is 2.49. The molecule has 8 heteroatoms. The lowest BCUT2D eigenvalue weighted by atomic mass is 10.2. The number of urea groups is 2. The van der Waals surface area contributed by atoms with Gasteiger partial charge in [0.25, 0.3) is 0 Å². The van der Waals surface area contributed by atoms with E-state index >= 15 is 0 Å². The molecule has 3 N–H and O–H groups in total. The molecule has 21 heavy (non-hydrogen) atoms. The summed E-state index contributed by atoms with van der Waals surface area (Å²) in [6.07, 6.45) is 2.07. The van der Waals surface area contributed by atoms with Gasteiger partial charge >= 0.3 is 12.1 Å². The summed E-state index contributed by atoms with van der Waals surface area (Å²) in [5.41, 5.74) is 8.85. The molecule has 0 aromatic heterocycles. The zero-order valence-corrected chi connectivity index (χ0v) is 11.5. The molecule has 1 aromatic carbocycles. The van der Waals surface area contributed by atoms with Crippen LogP contribution in [0.15, 0.2) is 40.4 Å². The van der Waals surface area contributed by atoms with Crippen molar-refractivity contribution in [3.05, 3.63) is 35.9 Å². The second-order valence-corrected chi connectivity index (χ2v) is 4.39. The van der Waals surface area contributed by atoms with E-state index in [4.69, 9.17) is 0 Å². The molecule has 4 amide bonds. The maximum atomic E-state index is 11.5. The number of nitrogens with one attached hydrogen (secondary N) is 3. The van der Waals surface area contributed by atoms with Crippen LogP contribution >= 0.6 is 0 Å². The zero-order valence-electron chi connectivity index (χ0n) is 11.5. The van der Waals surface area contributed by atoms with Crippen LogP contribution in [-0.2, 0) is 6.42 Å². The van der Waals surface area contributed by atoms with Crippen molar-refractivity contribution < 1.29 is 9.59 Å². The molecule has 0 radical (unpaired) electrons. The Bertz CT molecular complexity index is 569. The van der Waals surface area contributed by atoms with E-state index < -0.39 is 12.1 Å². The Kier molecular flexibility index (Phi) is 4.99. The molecule has 0 atom stereocenters. The van der Waals surface area contributed by atoms with Crippen molar-refractivity contribution in [3.8, 4) is 0 Å². The Labute approximate surface area is 121 Å². The molecule has 110 valence electrons. The van der Waals surface area contributed by atoms with Crippen LogP contribution in [0.1, 0.15) is 12.5 Å². The zero-order chi connectivity index (χ0) is 15.1. The van der Waals surface area contributed by atoms with Crippen LogP contribution in [0.25, 0.3) is 0 Å². The molecule has 0 saturated carbocycles. The molecule has 0 unspecified atom stereocenters. The molecule has 0 fully saturated rings. The summed E-state index contributed by atoms with van der Waals surface area (Å²) in [6, 6.07) is 8.62. The number of nitrogens with zero attached hydrogens (tertiary/aromatic N) is 3. The quantitative estimate of drug-likeness (QED) is 0.565. The van der Waals surface area contributed by atoms with Crippen LogP contribution in [-0.4, -0.2) is 35.5 Å². The SMILES string of the molecule is CC1=NNC(=O)N(NNC(=O)/N=C/Cc2ccccc2)C1. The van der Waals surface area contributed by atoms with E-state index in [-0.39, 0.29) is 6.54 Å². The lowest BCUT2D eigenvalue weighted by molar-refractivity contribution is 0.163. The number of hydrazone groups is 1. The van der Waals surface area contributed by atoms with Gasteiger partial charge < -0.3 is 0 Å². The van der Waals surface area contributed by atoms with E-state index in [0.717, 1.165) is 5.56 Å². The van der Waals surface area contributed by atoms with Crippen LogP contribution in [0, 0.1) is 0 Å². The van der Waals surface area contributed by atoms with Crippen molar-refractivity contribution in [2.24, 2.45) is 10.1 Å². The summed E-state index contributed by atoms with van der Waals surface area (Å²) in [5, 5.41) is 4.95. The molecule has 0 saturated heterocycles. The van der Waals surface area contributed by atoms with Gasteiger partial charge in [-0.3, -0.25) is 5.43 Å². The molecule has 0 bridgehead atoms. The molecule has 0 spiro atoms. The number of hydrogen-bond donors (Lipinski definition) is 3. The third-order valence-electron chi connectivity index (χ3n) is 2.65. The minimum absolute atomic E-state index is 0.278. The minimum Gasteiger partial charge on any atom is -0.253 e. The number of benzene rings is 1. The van der Waals surface area contributed by atoms with Gasteiger partial charge in [0.2, 0.25) is 0 Å². The van der Waals surface area contributed by atoms with Crippen LogP contribution in [0.2, 0.25) is 0 Å². The Hall–Kier alpha value is -2.74. The predicted molar refractivity (Wildman–Crippen MR) is 78.7 cm³/mol. The Morgan fingerprint density at radius 1 is 1.48 bits per heavy atom. The highest BCUT2D eigenvalue weighted by Gasteiger charge is 2.18. The van der Waals surface area contributed by atoms with Crippen LogP contribution in [0.4, 0.5) is 9.59 Å². The highest BCUT2D eigenvalue weighted by atomic mass is 16.2. The molecular formula is C13H16N6O2. The van der Waals surface area contributed by atoms with E-state index in [1.807, 2.05) is 30.3 Å². The number of carbonyl (C=O) groups is 2. The van der Waals surface area contributed by atoms with Crippen molar-refractivity contribution in [1.82, 2.24) is 21.4 Å². The van der Waals surface area contributed by atoms with Crippen molar-refractivity contribution in [1.29, 1.82) is 0 Å². The molecule has 0 aliphatic carbocycles. The molecule has 1 aliphatic heterocycles. The summed E-state index contributed by atoms with van der Waals surface area (Å²) in [7, 11) is 0. The fraction of sp³-hybridized carbons (Fsp3) is 0.231. The lowest BCUT2D eigenvalue weighted by Crippen LogP contribution is -2.57. The van der Waals surface area contributed by atoms with Gasteiger partial charge in [0, 0.05) is 12.6 Å². The summed E-state index contributed by atoms with van der Waals surface area (Å²) < 4.78 is 0. The molecule has 2 rings (SSSR count). The van der Waals surface area contributed by atoms with Crippen LogP contribution in [0.3, 0.4) is 0 Å². The van der Waals surface area contributed by atoms with Gasteiger partial charge in [-0.1, -0.05) is 30.3 Å². The topological polar surface area (TPSA) is 98.2 Å². The van der Waals surface area contributed by atoms with Gasteiger partial charge in [0.1, 0.15) is 0 Å². The highest BCUT2D eigenvalue weighted by molar-refractivity contribution is 5.91. The van der Waals surface area contributed by atoms with Gasteiger partial charge in [0.15, 0.2) is 0 Å². The number of rotatable bonds is 4. The van der Waals surface area contributed by atoms with Gasteiger partial charge in [-0.2, -0.15) is 5.10 Å². The van der Waals surface area contributed by atoms with E-state index in [9.17, 15) is 9.59 Å². The average molecular weight is 288 g/mol. The Balaban J connectivity index is 1.75.